The summed E-state index contributed by atoms with van der Waals surface area (Å²) in [4.78, 5) is 20.0. The average molecular weight is 323 g/mol. The van der Waals surface area contributed by atoms with Crippen molar-refractivity contribution in [1.29, 1.82) is 0 Å². The van der Waals surface area contributed by atoms with Crippen LogP contribution in [0.1, 0.15) is 41.6 Å². The zero-order valence-corrected chi connectivity index (χ0v) is 13.5. The molecule has 24 heavy (non-hydrogen) atoms. The number of nitrogens with zero attached hydrogens (tertiary/aromatic N) is 3. The number of ether oxygens (including phenoxy) is 1. The van der Waals surface area contributed by atoms with Crippen molar-refractivity contribution >= 4 is 5.97 Å². The highest BCUT2D eigenvalue weighted by atomic mass is 16.6. The van der Waals surface area contributed by atoms with Crippen LogP contribution in [0.4, 0.5) is 0 Å². The van der Waals surface area contributed by atoms with Gasteiger partial charge in [0.05, 0.1) is 5.56 Å². The number of pyridine rings is 1. The SMILES string of the molecule is CC(C)c1ccc(-c2noc(COC(=O)c3ccncc3)n2)cc1. The fraction of sp³-hybridized carbons (Fsp3) is 0.222. The highest BCUT2D eigenvalue weighted by Gasteiger charge is 2.12. The molecule has 0 bridgehead atoms. The third-order valence-corrected chi connectivity index (χ3v) is 3.55. The molecule has 0 aliphatic carbocycles. The third kappa shape index (κ3) is 3.65. The van der Waals surface area contributed by atoms with Crippen LogP contribution in [0.3, 0.4) is 0 Å². The van der Waals surface area contributed by atoms with Crippen LogP contribution in [-0.4, -0.2) is 21.1 Å². The summed E-state index contributed by atoms with van der Waals surface area (Å²) in [6.45, 7) is 4.20. The Bertz CT molecular complexity index is 811. The minimum atomic E-state index is -0.460. The van der Waals surface area contributed by atoms with Gasteiger partial charge < -0.3 is 9.26 Å². The third-order valence-electron chi connectivity index (χ3n) is 3.55. The summed E-state index contributed by atoms with van der Waals surface area (Å²) >= 11 is 0. The van der Waals surface area contributed by atoms with Crippen LogP contribution in [0, 0.1) is 0 Å². The summed E-state index contributed by atoms with van der Waals surface area (Å²) < 4.78 is 10.3. The summed E-state index contributed by atoms with van der Waals surface area (Å²) in [5.41, 5.74) is 2.53. The molecule has 0 aliphatic heterocycles. The number of benzene rings is 1. The lowest BCUT2D eigenvalue weighted by Gasteiger charge is -2.04. The van der Waals surface area contributed by atoms with Gasteiger partial charge in [0.25, 0.3) is 5.89 Å². The highest BCUT2D eigenvalue weighted by molar-refractivity contribution is 5.89. The van der Waals surface area contributed by atoms with Gasteiger partial charge in [-0.15, -0.1) is 0 Å². The average Bonchev–Trinajstić information content (AvgIpc) is 3.09. The molecule has 6 heteroatoms. The van der Waals surface area contributed by atoms with Gasteiger partial charge in [-0.2, -0.15) is 4.98 Å². The van der Waals surface area contributed by atoms with E-state index in [1.807, 2.05) is 24.3 Å². The zero-order chi connectivity index (χ0) is 16.9. The Balaban J connectivity index is 1.64. The van der Waals surface area contributed by atoms with Crippen molar-refractivity contribution < 1.29 is 14.1 Å². The van der Waals surface area contributed by atoms with E-state index < -0.39 is 5.97 Å². The van der Waals surface area contributed by atoms with Crippen LogP contribution >= 0.6 is 0 Å². The number of rotatable bonds is 5. The lowest BCUT2D eigenvalue weighted by molar-refractivity contribution is 0.0429. The summed E-state index contributed by atoms with van der Waals surface area (Å²) in [7, 11) is 0. The fourth-order valence-corrected chi connectivity index (χ4v) is 2.15. The second kappa shape index (κ2) is 7.04. The quantitative estimate of drug-likeness (QED) is 0.667. The fourth-order valence-electron chi connectivity index (χ4n) is 2.15. The predicted octanol–water partition coefficient (Wildman–Crippen LogP) is 3.61. The molecular formula is C18H17N3O3. The van der Waals surface area contributed by atoms with Crippen LogP contribution in [0.15, 0.2) is 53.3 Å². The molecule has 0 N–H and O–H groups in total. The van der Waals surface area contributed by atoms with Gasteiger partial charge in [0.2, 0.25) is 5.82 Å². The minimum absolute atomic E-state index is 0.0712. The second-order valence-electron chi connectivity index (χ2n) is 5.60. The summed E-state index contributed by atoms with van der Waals surface area (Å²) in [6, 6.07) is 11.1. The second-order valence-corrected chi connectivity index (χ2v) is 5.60. The Hall–Kier alpha value is -3.02. The standard InChI is InChI=1S/C18H17N3O3/c1-12(2)13-3-5-14(6-4-13)17-20-16(24-21-17)11-23-18(22)15-7-9-19-10-8-15/h3-10,12H,11H2,1-2H3. The van der Waals surface area contributed by atoms with Crippen molar-refractivity contribution in [3.63, 3.8) is 0 Å². The predicted molar refractivity (Wildman–Crippen MR) is 87.2 cm³/mol. The van der Waals surface area contributed by atoms with E-state index in [1.165, 1.54) is 18.0 Å². The molecule has 2 heterocycles. The van der Waals surface area contributed by atoms with Crippen molar-refractivity contribution in [2.45, 2.75) is 26.4 Å². The molecule has 0 saturated carbocycles. The normalized spacial score (nSPS) is 10.8. The molecule has 0 aliphatic rings. The lowest BCUT2D eigenvalue weighted by atomic mass is 10.0. The molecule has 1 aromatic carbocycles. The molecule has 0 fully saturated rings. The zero-order valence-electron chi connectivity index (χ0n) is 13.5. The van der Waals surface area contributed by atoms with Crippen molar-refractivity contribution in [3.8, 4) is 11.4 Å². The van der Waals surface area contributed by atoms with Gasteiger partial charge in [0.1, 0.15) is 0 Å². The van der Waals surface area contributed by atoms with Crippen LogP contribution in [-0.2, 0) is 11.3 Å². The number of hydrogen-bond donors (Lipinski definition) is 0. The first-order chi connectivity index (χ1) is 11.6. The van der Waals surface area contributed by atoms with Crippen LogP contribution < -0.4 is 0 Å². The molecule has 0 amide bonds. The molecule has 122 valence electrons. The van der Waals surface area contributed by atoms with Gasteiger partial charge >= 0.3 is 5.97 Å². The van der Waals surface area contributed by atoms with Gasteiger partial charge in [0.15, 0.2) is 6.61 Å². The molecule has 0 unspecified atom stereocenters. The van der Waals surface area contributed by atoms with E-state index in [2.05, 4.69) is 29.0 Å². The molecule has 0 spiro atoms. The molecule has 0 atom stereocenters. The topological polar surface area (TPSA) is 78.1 Å². The van der Waals surface area contributed by atoms with E-state index in [0.717, 1.165) is 5.56 Å². The Morgan fingerprint density at radius 3 is 2.50 bits per heavy atom. The first-order valence-electron chi connectivity index (χ1n) is 7.63. The number of carbonyl (C=O) groups is 1. The summed E-state index contributed by atoms with van der Waals surface area (Å²) in [5.74, 6) is 0.728. The Morgan fingerprint density at radius 2 is 1.83 bits per heavy atom. The monoisotopic (exact) mass is 323 g/mol. The first kappa shape index (κ1) is 15.9. The number of aromatic nitrogens is 3. The van der Waals surface area contributed by atoms with E-state index in [1.54, 1.807) is 12.1 Å². The number of esters is 1. The maximum Gasteiger partial charge on any atom is 0.338 e. The van der Waals surface area contributed by atoms with Crippen molar-refractivity contribution in [1.82, 2.24) is 15.1 Å². The van der Waals surface area contributed by atoms with Gasteiger partial charge in [-0.25, -0.2) is 4.79 Å². The molecular weight excluding hydrogens is 306 g/mol. The summed E-state index contributed by atoms with van der Waals surface area (Å²) in [5, 5.41) is 3.92. The van der Waals surface area contributed by atoms with Crippen molar-refractivity contribution in [2.24, 2.45) is 0 Å². The largest absolute Gasteiger partial charge is 0.452 e. The molecule has 3 rings (SSSR count). The molecule has 2 aromatic heterocycles. The number of hydrogen-bond acceptors (Lipinski definition) is 6. The lowest BCUT2D eigenvalue weighted by Crippen LogP contribution is -2.05. The highest BCUT2D eigenvalue weighted by Crippen LogP contribution is 2.20. The van der Waals surface area contributed by atoms with Crippen LogP contribution in [0.2, 0.25) is 0 Å². The maximum absolute atomic E-state index is 11.9. The smallest absolute Gasteiger partial charge is 0.338 e. The van der Waals surface area contributed by atoms with E-state index >= 15 is 0 Å². The van der Waals surface area contributed by atoms with Crippen LogP contribution in [0.25, 0.3) is 11.4 Å². The van der Waals surface area contributed by atoms with E-state index in [9.17, 15) is 4.79 Å². The maximum atomic E-state index is 11.9. The minimum Gasteiger partial charge on any atom is -0.452 e. The Morgan fingerprint density at radius 1 is 1.12 bits per heavy atom. The summed E-state index contributed by atoms with van der Waals surface area (Å²) in [6.07, 6.45) is 3.06. The molecule has 0 radical (unpaired) electrons. The van der Waals surface area contributed by atoms with Crippen LogP contribution in [0.5, 0.6) is 0 Å². The Kier molecular flexibility index (Phi) is 4.65. The van der Waals surface area contributed by atoms with E-state index in [-0.39, 0.29) is 12.5 Å². The van der Waals surface area contributed by atoms with Crippen molar-refractivity contribution in [3.05, 3.63) is 65.8 Å². The number of carbonyl (C=O) groups excluding carboxylic acids is 1. The van der Waals surface area contributed by atoms with Gasteiger partial charge in [-0.1, -0.05) is 43.3 Å². The molecule has 3 aromatic rings. The van der Waals surface area contributed by atoms with Gasteiger partial charge in [-0.05, 0) is 23.6 Å². The van der Waals surface area contributed by atoms with Gasteiger partial charge in [0, 0.05) is 18.0 Å². The first-order valence-corrected chi connectivity index (χ1v) is 7.63. The van der Waals surface area contributed by atoms with E-state index in [0.29, 0.717) is 17.3 Å². The Labute approximate surface area is 139 Å². The van der Waals surface area contributed by atoms with Gasteiger partial charge in [-0.3, -0.25) is 4.98 Å². The van der Waals surface area contributed by atoms with Crippen molar-refractivity contribution in [2.75, 3.05) is 0 Å². The molecule has 0 saturated heterocycles. The van der Waals surface area contributed by atoms with E-state index in [4.69, 9.17) is 9.26 Å². The molecule has 6 nitrogen and oxygen atoms in total.